The summed E-state index contributed by atoms with van der Waals surface area (Å²) >= 11 is 0. The number of benzene rings is 1. The van der Waals surface area contributed by atoms with Crippen LogP contribution >= 0.6 is 0 Å². The lowest BCUT2D eigenvalue weighted by atomic mass is 10.0. The van der Waals surface area contributed by atoms with Crippen LogP contribution in [-0.4, -0.2) is 75.2 Å². The maximum atomic E-state index is 13.2. The molecule has 0 aliphatic rings. The molecule has 13 heteroatoms. The molecule has 36 heavy (non-hydrogen) atoms. The molecule has 4 amide bonds. The number of aliphatic carboxylic acids is 1. The van der Waals surface area contributed by atoms with Crippen molar-refractivity contribution in [3.8, 4) is 5.75 Å². The van der Waals surface area contributed by atoms with Gasteiger partial charge >= 0.3 is 5.97 Å². The van der Waals surface area contributed by atoms with Gasteiger partial charge in [0, 0.05) is 12.8 Å². The Morgan fingerprint density at radius 1 is 0.889 bits per heavy atom. The first kappa shape index (κ1) is 30.3. The molecule has 1 aromatic carbocycles. The molecule has 0 heterocycles. The van der Waals surface area contributed by atoms with Gasteiger partial charge in [0.1, 0.15) is 17.8 Å². The third-order valence-electron chi connectivity index (χ3n) is 5.39. The van der Waals surface area contributed by atoms with Crippen LogP contribution < -0.4 is 27.4 Å². The van der Waals surface area contributed by atoms with Gasteiger partial charge in [-0.15, -0.1) is 0 Å². The lowest BCUT2D eigenvalue weighted by Crippen LogP contribution is -2.59. The number of carboxylic acids is 1. The Bertz CT molecular complexity index is 935. The molecule has 1 rings (SSSR count). The Balaban J connectivity index is 3.17. The number of carbonyl (C=O) groups excluding carboxylic acids is 4. The Hall–Kier alpha value is -3.71. The van der Waals surface area contributed by atoms with Crippen LogP contribution in [0.25, 0.3) is 0 Å². The molecule has 0 fully saturated rings. The van der Waals surface area contributed by atoms with Crippen molar-refractivity contribution in [2.75, 3.05) is 0 Å². The molecule has 10 N–H and O–H groups in total. The van der Waals surface area contributed by atoms with Crippen molar-refractivity contribution in [2.24, 2.45) is 17.4 Å². The van der Waals surface area contributed by atoms with E-state index >= 15 is 0 Å². The minimum atomic E-state index is -1.66. The summed E-state index contributed by atoms with van der Waals surface area (Å²) in [4.78, 5) is 61.2. The highest BCUT2D eigenvalue weighted by molar-refractivity contribution is 5.94. The van der Waals surface area contributed by atoms with Gasteiger partial charge in [-0.25, -0.2) is 4.79 Å². The molecule has 5 atom stereocenters. The highest BCUT2D eigenvalue weighted by atomic mass is 16.4. The number of aliphatic hydroxyl groups is 1. The molecule has 13 nitrogen and oxygen atoms in total. The minimum absolute atomic E-state index is 0.0000923. The number of nitrogens with one attached hydrogen (secondary N) is 3. The zero-order valence-corrected chi connectivity index (χ0v) is 20.4. The molecule has 0 aliphatic carbocycles. The van der Waals surface area contributed by atoms with E-state index in [9.17, 15) is 39.3 Å². The number of aromatic hydroxyl groups is 1. The van der Waals surface area contributed by atoms with E-state index in [2.05, 4.69) is 16.0 Å². The number of amides is 4. The number of nitrogens with two attached hydrogens (primary N) is 2. The molecule has 0 bridgehead atoms. The molecule has 0 saturated carbocycles. The summed E-state index contributed by atoms with van der Waals surface area (Å²) in [6, 6.07) is 0.696. The second-order valence-corrected chi connectivity index (χ2v) is 8.83. The predicted molar refractivity (Wildman–Crippen MR) is 128 cm³/mol. The number of phenolic OH excluding ortho intramolecular Hbond substituents is 1. The fourth-order valence-corrected chi connectivity index (χ4v) is 3.12. The summed E-state index contributed by atoms with van der Waals surface area (Å²) < 4.78 is 0. The van der Waals surface area contributed by atoms with Crippen molar-refractivity contribution < 1.29 is 39.3 Å². The lowest BCUT2D eigenvalue weighted by Gasteiger charge is -2.26. The quantitative estimate of drug-likeness (QED) is 0.140. The second kappa shape index (κ2) is 14.0. The summed E-state index contributed by atoms with van der Waals surface area (Å²) in [5, 5.41) is 35.5. The first-order valence-electron chi connectivity index (χ1n) is 11.4. The summed E-state index contributed by atoms with van der Waals surface area (Å²) in [5.74, 6) is -4.87. The molecule has 1 aromatic rings. The third kappa shape index (κ3) is 9.88. The summed E-state index contributed by atoms with van der Waals surface area (Å²) in [6.07, 6.45) is -2.04. The monoisotopic (exact) mass is 509 g/mol. The third-order valence-corrected chi connectivity index (χ3v) is 5.39. The number of phenols is 1. The first-order valence-corrected chi connectivity index (χ1v) is 11.4. The van der Waals surface area contributed by atoms with Gasteiger partial charge in [0.05, 0.1) is 12.1 Å². The number of hydrogen-bond donors (Lipinski definition) is 8. The normalized spacial score (nSPS) is 15.2. The van der Waals surface area contributed by atoms with Crippen molar-refractivity contribution in [1.82, 2.24) is 16.0 Å². The topological polar surface area (TPSA) is 234 Å². The fraction of sp³-hybridized carbons (Fsp3) is 0.522. The SMILES string of the molecule is CC(C)C(N)C(=O)NC(Cc1ccc(O)cc1)C(=O)NC(CCC(N)=O)C(=O)NC(C(=O)O)C(C)O. The minimum Gasteiger partial charge on any atom is -0.508 e. The van der Waals surface area contributed by atoms with Gasteiger partial charge in [-0.2, -0.15) is 0 Å². The largest absolute Gasteiger partial charge is 0.508 e. The molecule has 0 aromatic heterocycles. The number of carbonyl (C=O) groups is 5. The average Bonchev–Trinajstić information content (AvgIpc) is 2.79. The highest BCUT2D eigenvalue weighted by Gasteiger charge is 2.32. The maximum Gasteiger partial charge on any atom is 0.328 e. The van der Waals surface area contributed by atoms with E-state index in [1.807, 2.05) is 0 Å². The predicted octanol–water partition coefficient (Wildman–Crippen LogP) is -1.90. The molecule has 0 spiro atoms. The molecule has 0 aliphatic heterocycles. The molecule has 5 unspecified atom stereocenters. The Morgan fingerprint density at radius 2 is 1.42 bits per heavy atom. The zero-order valence-electron chi connectivity index (χ0n) is 20.4. The van der Waals surface area contributed by atoms with Crippen LogP contribution in [0, 0.1) is 5.92 Å². The van der Waals surface area contributed by atoms with Crippen LogP contribution in [0.4, 0.5) is 0 Å². The molecule has 0 radical (unpaired) electrons. The first-order chi connectivity index (χ1) is 16.7. The van der Waals surface area contributed by atoms with Crippen molar-refractivity contribution in [3.63, 3.8) is 0 Å². The van der Waals surface area contributed by atoms with Crippen LogP contribution in [0.2, 0.25) is 0 Å². The van der Waals surface area contributed by atoms with E-state index < -0.39 is 59.9 Å². The van der Waals surface area contributed by atoms with E-state index in [0.717, 1.165) is 6.92 Å². The Kier molecular flexibility index (Phi) is 11.8. The molecule has 0 saturated heterocycles. The van der Waals surface area contributed by atoms with E-state index in [1.165, 1.54) is 12.1 Å². The van der Waals surface area contributed by atoms with Gasteiger partial charge in [0.15, 0.2) is 6.04 Å². The van der Waals surface area contributed by atoms with Gasteiger partial charge in [0.2, 0.25) is 23.6 Å². The van der Waals surface area contributed by atoms with E-state index in [1.54, 1.807) is 26.0 Å². The number of carboxylic acid groups (broad SMARTS) is 1. The van der Waals surface area contributed by atoms with Gasteiger partial charge < -0.3 is 42.7 Å². The number of aliphatic hydroxyl groups excluding tert-OH is 1. The summed E-state index contributed by atoms with van der Waals surface area (Å²) in [7, 11) is 0. The number of hydrogen-bond acceptors (Lipinski definition) is 8. The maximum absolute atomic E-state index is 13.2. The van der Waals surface area contributed by atoms with Crippen molar-refractivity contribution in [3.05, 3.63) is 29.8 Å². The van der Waals surface area contributed by atoms with Crippen LogP contribution in [-0.2, 0) is 30.4 Å². The standard InChI is InChI=1S/C23H35N5O8/c1-11(2)18(25)22(34)27-16(10-13-4-6-14(30)7-5-13)21(33)26-15(8-9-17(24)31)20(32)28-19(12(3)29)23(35)36/h4-7,11-12,15-16,18-19,29-30H,8-10,25H2,1-3H3,(H2,24,31)(H,26,33)(H,27,34)(H,28,32)(H,35,36). The van der Waals surface area contributed by atoms with Crippen LogP contribution in [0.1, 0.15) is 39.2 Å². The van der Waals surface area contributed by atoms with E-state index in [4.69, 9.17) is 11.5 Å². The number of primary amides is 1. The van der Waals surface area contributed by atoms with Gasteiger partial charge in [-0.05, 0) is 37.0 Å². The van der Waals surface area contributed by atoms with Crippen LogP contribution in [0.3, 0.4) is 0 Å². The van der Waals surface area contributed by atoms with Crippen molar-refractivity contribution >= 4 is 29.6 Å². The van der Waals surface area contributed by atoms with Crippen LogP contribution in [0.5, 0.6) is 5.75 Å². The Morgan fingerprint density at radius 3 is 1.89 bits per heavy atom. The summed E-state index contributed by atoms with van der Waals surface area (Å²) in [5.41, 5.74) is 11.6. The van der Waals surface area contributed by atoms with Gasteiger partial charge in [0.25, 0.3) is 0 Å². The second-order valence-electron chi connectivity index (χ2n) is 8.83. The zero-order chi connectivity index (χ0) is 27.6. The summed E-state index contributed by atoms with van der Waals surface area (Å²) in [6.45, 7) is 4.62. The van der Waals surface area contributed by atoms with E-state index in [0.29, 0.717) is 5.56 Å². The van der Waals surface area contributed by atoms with Crippen molar-refractivity contribution in [1.29, 1.82) is 0 Å². The van der Waals surface area contributed by atoms with Gasteiger partial charge in [-0.1, -0.05) is 26.0 Å². The lowest BCUT2D eigenvalue weighted by molar-refractivity contribution is -0.145. The highest BCUT2D eigenvalue weighted by Crippen LogP contribution is 2.12. The smallest absolute Gasteiger partial charge is 0.328 e. The molecular formula is C23H35N5O8. The molecule has 200 valence electrons. The fourth-order valence-electron chi connectivity index (χ4n) is 3.12. The van der Waals surface area contributed by atoms with Crippen molar-refractivity contribution in [2.45, 2.75) is 70.3 Å². The van der Waals surface area contributed by atoms with E-state index in [-0.39, 0.29) is 30.9 Å². The van der Waals surface area contributed by atoms with Crippen LogP contribution in [0.15, 0.2) is 24.3 Å². The molecular weight excluding hydrogens is 474 g/mol. The van der Waals surface area contributed by atoms with Gasteiger partial charge in [-0.3, -0.25) is 19.2 Å². The Labute approximate surface area is 208 Å². The average molecular weight is 510 g/mol. The number of rotatable bonds is 14.